The molecule has 1 heterocycles. The van der Waals surface area contributed by atoms with E-state index < -0.39 is 20.9 Å². The standard InChI is InChI=1S/C18H17N3O5S/c22-18(10-7-14-5-8-16(9-6-14)21(23)24)19-15-3-1-4-17(13-15)20-11-2-12-27(20,25)26/h1,3-10,13H,2,11-12H2,(H,19,22)/b10-7+. The molecule has 0 atom stereocenters. The molecule has 1 fully saturated rings. The van der Waals surface area contributed by atoms with Crippen molar-refractivity contribution in [2.24, 2.45) is 0 Å². The molecule has 0 aromatic heterocycles. The third-order valence-corrected chi connectivity index (χ3v) is 5.90. The minimum Gasteiger partial charge on any atom is -0.322 e. The molecule has 3 rings (SSSR count). The zero-order chi connectivity index (χ0) is 19.4. The summed E-state index contributed by atoms with van der Waals surface area (Å²) in [5, 5.41) is 13.3. The second-order valence-corrected chi connectivity index (χ2v) is 7.98. The molecule has 27 heavy (non-hydrogen) atoms. The number of carbonyl (C=O) groups is 1. The van der Waals surface area contributed by atoms with Crippen molar-refractivity contribution in [3.05, 3.63) is 70.3 Å². The number of hydrogen-bond acceptors (Lipinski definition) is 5. The summed E-state index contributed by atoms with van der Waals surface area (Å²) < 4.78 is 25.4. The molecule has 0 bridgehead atoms. The molecule has 2 aromatic carbocycles. The van der Waals surface area contributed by atoms with Crippen LogP contribution in [0.25, 0.3) is 6.08 Å². The predicted octanol–water partition coefficient (Wildman–Crippen LogP) is 2.79. The number of amides is 1. The molecule has 0 aliphatic carbocycles. The van der Waals surface area contributed by atoms with E-state index in [1.54, 1.807) is 36.4 Å². The Balaban J connectivity index is 1.67. The summed E-state index contributed by atoms with van der Waals surface area (Å²) in [7, 11) is -3.28. The maximum absolute atomic E-state index is 12.1. The van der Waals surface area contributed by atoms with Gasteiger partial charge in [-0.15, -0.1) is 0 Å². The number of non-ortho nitro benzene ring substituents is 1. The summed E-state index contributed by atoms with van der Waals surface area (Å²) in [6.07, 6.45) is 3.42. The molecule has 2 aromatic rings. The van der Waals surface area contributed by atoms with Crippen molar-refractivity contribution < 1.29 is 18.1 Å². The number of carbonyl (C=O) groups excluding carboxylic acids is 1. The lowest BCUT2D eigenvalue weighted by molar-refractivity contribution is -0.384. The van der Waals surface area contributed by atoms with Crippen LogP contribution >= 0.6 is 0 Å². The first-order valence-corrected chi connectivity index (χ1v) is 9.80. The average molecular weight is 387 g/mol. The number of benzene rings is 2. The number of sulfonamides is 1. The van der Waals surface area contributed by atoms with Gasteiger partial charge in [0.25, 0.3) is 5.69 Å². The van der Waals surface area contributed by atoms with E-state index in [0.717, 1.165) is 0 Å². The number of nitro groups is 1. The highest BCUT2D eigenvalue weighted by molar-refractivity contribution is 7.93. The molecule has 8 nitrogen and oxygen atoms in total. The van der Waals surface area contributed by atoms with E-state index >= 15 is 0 Å². The van der Waals surface area contributed by atoms with Crippen molar-refractivity contribution >= 4 is 39.1 Å². The van der Waals surface area contributed by atoms with Gasteiger partial charge in [-0.1, -0.05) is 6.07 Å². The maximum atomic E-state index is 12.1. The Morgan fingerprint density at radius 2 is 1.93 bits per heavy atom. The van der Waals surface area contributed by atoms with Crippen molar-refractivity contribution in [1.82, 2.24) is 0 Å². The minimum absolute atomic E-state index is 0.0229. The lowest BCUT2D eigenvalue weighted by atomic mass is 10.2. The van der Waals surface area contributed by atoms with E-state index in [2.05, 4.69) is 5.32 Å². The van der Waals surface area contributed by atoms with Crippen molar-refractivity contribution in [1.29, 1.82) is 0 Å². The highest BCUT2D eigenvalue weighted by Crippen LogP contribution is 2.26. The lowest BCUT2D eigenvalue weighted by Crippen LogP contribution is -2.25. The molecule has 0 saturated carbocycles. The van der Waals surface area contributed by atoms with Crippen LogP contribution in [0, 0.1) is 10.1 Å². The Labute approximate surface area is 156 Å². The monoisotopic (exact) mass is 387 g/mol. The van der Waals surface area contributed by atoms with Gasteiger partial charge in [-0.05, 0) is 48.4 Å². The highest BCUT2D eigenvalue weighted by Gasteiger charge is 2.28. The Kier molecular flexibility index (Phi) is 5.22. The first kappa shape index (κ1) is 18.6. The summed E-state index contributed by atoms with van der Waals surface area (Å²) in [5.74, 6) is -0.267. The molecular formula is C18H17N3O5S. The molecular weight excluding hydrogens is 370 g/mol. The molecule has 1 N–H and O–H groups in total. The molecule has 1 saturated heterocycles. The number of nitrogens with zero attached hydrogens (tertiary/aromatic N) is 2. The first-order chi connectivity index (χ1) is 12.8. The van der Waals surface area contributed by atoms with Crippen LogP contribution in [0.1, 0.15) is 12.0 Å². The van der Waals surface area contributed by atoms with Gasteiger partial charge in [-0.2, -0.15) is 0 Å². The predicted molar refractivity (Wildman–Crippen MR) is 103 cm³/mol. The molecule has 0 spiro atoms. The summed E-state index contributed by atoms with van der Waals surface area (Å²) in [5.41, 5.74) is 1.62. The molecule has 1 aliphatic rings. The summed E-state index contributed by atoms with van der Waals surface area (Å²) >= 11 is 0. The number of hydrogen-bond donors (Lipinski definition) is 1. The number of nitro benzene ring substituents is 1. The van der Waals surface area contributed by atoms with E-state index in [-0.39, 0.29) is 11.4 Å². The van der Waals surface area contributed by atoms with Gasteiger partial charge in [0.05, 0.1) is 16.4 Å². The van der Waals surface area contributed by atoms with Gasteiger partial charge < -0.3 is 5.32 Å². The Morgan fingerprint density at radius 1 is 1.19 bits per heavy atom. The smallest absolute Gasteiger partial charge is 0.269 e. The van der Waals surface area contributed by atoms with Crippen molar-refractivity contribution in [3.8, 4) is 0 Å². The fourth-order valence-electron chi connectivity index (χ4n) is 2.73. The topological polar surface area (TPSA) is 110 Å². The van der Waals surface area contributed by atoms with Gasteiger partial charge in [-0.3, -0.25) is 19.2 Å². The van der Waals surface area contributed by atoms with Crippen LogP contribution in [0.5, 0.6) is 0 Å². The molecule has 0 unspecified atom stereocenters. The Bertz CT molecular complexity index is 1000. The zero-order valence-electron chi connectivity index (χ0n) is 14.2. The molecule has 9 heteroatoms. The number of anilines is 2. The fourth-order valence-corrected chi connectivity index (χ4v) is 4.29. The van der Waals surface area contributed by atoms with E-state index in [0.29, 0.717) is 29.9 Å². The first-order valence-electron chi connectivity index (χ1n) is 8.19. The SMILES string of the molecule is O=C(/C=C/c1ccc([N+](=O)[O-])cc1)Nc1cccc(N2CCCS2(=O)=O)c1. The van der Waals surface area contributed by atoms with Crippen molar-refractivity contribution in [3.63, 3.8) is 0 Å². The maximum Gasteiger partial charge on any atom is 0.269 e. The highest BCUT2D eigenvalue weighted by atomic mass is 32.2. The second kappa shape index (κ2) is 7.58. The van der Waals surface area contributed by atoms with Gasteiger partial charge in [0, 0.05) is 30.4 Å². The van der Waals surface area contributed by atoms with E-state index in [1.807, 2.05) is 0 Å². The van der Waals surface area contributed by atoms with Crippen LogP contribution < -0.4 is 9.62 Å². The van der Waals surface area contributed by atoms with Gasteiger partial charge in [0.15, 0.2) is 0 Å². The minimum atomic E-state index is -3.28. The lowest BCUT2D eigenvalue weighted by Gasteiger charge is -2.17. The number of rotatable bonds is 5. The van der Waals surface area contributed by atoms with Gasteiger partial charge in [0.1, 0.15) is 0 Å². The molecule has 140 valence electrons. The summed E-state index contributed by atoms with van der Waals surface area (Å²) in [6.45, 7) is 0.430. The fraction of sp³-hybridized carbons (Fsp3) is 0.167. The van der Waals surface area contributed by atoms with Gasteiger partial charge >= 0.3 is 0 Å². The van der Waals surface area contributed by atoms with Crippen LogP contribution in [0.3, 0.4) is 0 Å². The van der Waals surface area contributed by atoms with Crippen molar-refractivity contribution in [2.45, 2.75) is 6.42 Å². The third kappa shape index (κ3) is 4.50. The van der Waals surface area contributed by atoms with Crippen molar-refractivity contribution in [2.75, 3.05) is 21.9 Å². The average Bonchev–Trinajstić information content (AvgIpc) is 2.99. The van der Waals surface area contributed by atoms with Crippen LogP contribution in [0.4, 0.5) is 17.1 Å². The molecule has 1 aliphatic heterocycles. The van der Waals surface area contributed by atoms with Crippen LogP contribution in [-0.2, 0) is 14.8 Å². The normalized spacial score (nSPS) is 15.8. The van der Waals surface area contributed by atoms with Crippen LogP contribution in [0.2, 0.25) is 0 Å². The van der Waals surface area contributed by atoms with Crippen LogP contribution in [-0.4, -0.2) is 31.5 Å². The Morgan fingerprint density at radius 3 is 2.56 bits per heavy atom. The zero-order valence-corrected chi connectivity index (χ0v) is 15.1. The molecule has 0 radical (unpaired) electrons. The second-order valence-electron chi connectivity index (χ2n) is 5.96. The van der Waals surface area contributed by atoms with Crippen LogP contribution in [0.15, 0.2) is 54.6 Å². The largest absolute Gasteiger partial charge is 0.322 e. The quantitative estimate of drug-likeness (QED) is 0.482. The summed E-state index contributed by atoms with van der Waals surface area (Å²) in [4.78, 5) is 22.2. The molecule has 1 amide bonds. The number of nitrogens with one attached hydrogen (secondary N) is 1. The Hall–Kier alpha value is -3.20. The van der Waals surface area contributed by atoms with E-state index in [9.17, 15) is 23.3 Å². The van der Waals surface area contributed by atoms with Gasteiger partial charge in [-0.25, -0.2) is 8.42 Å². The van der Waals surface area contributed by atoms with E-state index in [4.69, 9.17) is 0 Å². The third-order valence-electron chi connectivity index (χ3n) is 4.03. The summed E-state index contributed by atoms with van der Waals surface area (Å²) in [6, 6.07) is 12.4. The van der Waals surface area contributed by atoms with E-state index in [1.165, 1.54) is 28.6 Å². The van der Waals surface area contributed by atoms with Gasteiger partial charge in [0.2, 0.25) is 15.9 Å².